The van der Waals surface area contributed by atoms with Gasteiger partial charge in [-0.15, -0.1) is 0 Å². The van der Waals surface area contributed by atoms with Crippen LogP contribution < -0.4 is 24.7 Å². The van der Waals surface area contributed by atoms with Crippen LogP contribution >= 0.6 is 0 Å². The normalized spacial score (nSPS) is 28.9. The molecule has 0 radical (unpaired) electrons. The van der Waals surface area contributed by atoms with Crippen LogP contribution in [0.25, 0.3) is 10.9 Å². The summed E-state index contributed by atoms with van der Waals surface area (Å²) in [4.78, 5) is 48.0. The molecule has 3 fully saturated rings. The molecule has 1 aromatic carbocycles. The van der Waals surface area contributed by atoms with E-state index in [1.165, 1.54) is 0 Å². The molecule has 12 nitrogen and oxygen atoms in total. The lowest BCUT2D eigenvalue weighted by atomic mass is 9.91. The van der Waals surface area contributed by atoms with Gasteiger partial charge in [-0.3, -0.25) is 19.1 Å². The number of hydrogen-bond donors (Lipinski definition) is 2. The van der Waals surface area contributed by atoms with Gasteiger partial charge < -0.3 is 24.8 Å². The summed E-state index contributed by atoms with van der Waals surface area (Å²) in [7, 11) is -2.19. The molecule has 1 aromatic heterocycles. The number of methoxy groups -OCH3 is 1. The van der Waals surface area contributed by atoms with Crippen molar-refractivity contribution < 1.29 is 42.7 Å². The molecule has 48 heavy (non-hydrogen) atoms. The summed E-state index contributed by atoms with van der Waals surface area (Å²) in [6.45, 7) is 4.35. The van der Waals surface area contributed by atoms with Crippen LogP contribution in [0, 0.1) is 18.3 Å². The number of quaternary nitrogens is 1. The van der Waals surface area contributed by atoms with Crippen molar-refractivity contribution >= 4 is 38.5 Å². The maximum Gasteiger partial charge on any atom is 0.281 e. The van der Waals surface area contributed by atoms with E-state index in [2.05, 4.69) is 15.4 Å². The first-order chi connectivity index (χ1) is 23.0. The maximum absolute atomic E-state index is 14.2. The Balaban J connectivity index is 1.30. The highest BCUT2D eigenvalue weighted by molar-refractivity contribution is 7.90. The van der Waals surface area contributed by atoms with Crippen LogP contribution in [0.1, 0.15) is 76.7 Å². The number of aryl methyl sites for hydroxylation is 1. The van der Waals surface area contributed by atoms with E-state index in [9.17, 15) is 22.8 Å². The minimum absolute atomic E-state index is 0.164. The molecule has 3 heterocycles. The number of sulfonamides is 1. The number of Topliss-reactive ketones (excluding diaryl/α,β-unsaturated/α-hetero) is 1. The lowest BCUT2D eigenvalue weighted by molar-refractivity contribution is -0.407. The number of aromatic nitrogens is 1. The Hall–Kier alpha value is -3.71. The number of hydrogen-bond acceptors (Lipinski definition) is 9. The Morgan fingerprint density at radius 1 is 1.15 bits per heavy atom. The molecule has 6 rings (SSSR count). The average Bonchev–Trinajstić information content (AvgIpc) is 3.98. The molecule has 2 aromatic rings. The summed E-state index contributed by atoms with van der Waals surface area (Å²) >= 11 is 0. The zero-order valence-electron chi connectivity index (χ0n) is 28.0. The highest BCUT2D eigenvalue weighted by Gasteiger charge is 2.61. The van der Waals surface area contributed by atoms with Crippen molar-refractivity contribution in [2.45, 2.75) is 101 Å². The van der Waals surface area contributed by atoms with Gasteiger partial charge in [-0.25, -0.2) is 13.4 Å². The van der Waals surface area contributed by atoms with E-state index < -0.39 is 44.8 Å². The van der Waals surface area contributed by atoms with Crippen LogP contribution in [0.2, 0.25) is 0 Å². The Morgan fingerprint density at radius 2 is 1.94 bits per heavy atom. The number of allylic oxidation sites excluding steroid dienone is 2. The number of benzene rings is 1. The number of rotatable bonds is 8. The predicted molar refractivity (Wildman–Crippen MR) is 178 cm³/mol. The number of amides is 2. The van der Waals surface area contributed by atoms with Gasteiger partial charge in [0.2, 0.25) is 21.8 Å². The molecule has 0 spiro atoms. The summed E-state index contributed by atoms with van der Waals surface area (Å²) in [6, 6.07) is 4.07. The fraction of sp³-hybridized carbons (Fsp3) is 0.600. The van der Waals surface area contributed by atoms with E-state index in [1.54, 1.807) is 18.1 Å². The first-order valence-electron chi connectivity index (χ1n) is 17.1. The van der Waals surface area contributed by atoms with Crippen molar-refractivity contribution in [3.8, 4) is 17.4 Å². The van der Waals surface area contributed by atoms with Crippen LogP contribution in [0.4, 0.5) is 0 Å². The van der Waals surface area contributed by atoms with Crippen LogP contribution in [0.5, 0.6) is 17.4 Å². The summed E-state index contributed by atoms with van der Waals surface area (Å²) in [5, 5.41) is 0.185. The van der Waals surface area contributed by atoms with E-state index in [-0.39, 0.29) is 37.0 Å². The van der Waals surface area contributed by atoms with Crippen molar-refractivity contribution in [3.63, 3.8) is 0 Å². The molecule has 2 aliphatic heterocycles. The van der Waals surface area contributed by atoms with E-state index in [4.69, 9.17) is 14.2 Å². The zero-order valence-corrected chi connectivity index (χ0v) is 28.9. The van der Waals surface area contributed by atoms with Crippen molar-refractivity contribution in [1.82, 2.24) is 14.6 Å². The van der Waals surface area contributed by atoms with E-state index in [1.807, 2.05) is 38.1 Å². The second-order valence-corrected chi connectivity index (χ2v) is 15.7. The summed E-state index contributed by atoms with van der Waals surface area (Å²) in [6.07, 6.45) is 9.05. The Morgan fingerprint density at radius 3 is 2.67 bits per heavy atom. The number of fused-ring (bicyclic) bond motifs is 3. The fourth-order valence-corrected chi connectivity index (χ4v) is 8.59. The van der Waals surface area contributed by atoms with Crippen LogP contribution in [0.15, 0.2) is 30.4 Å². The molecule has 13 heteroatoms. The van der Waals surface area contributed by atoms with E-state index in [0.29, 0.717) is 55.2 Å². The molecule has 2 saturated carbocycles. The minimum atomic E-state index is -3.79. The highest BCUT2D eigenvalue weighted by Crippen LogP contribution is 2.57. The SMILES string of the molecule is CCOc1cc(O[C@@H]2C[C@H]3C(=O)C[C@]4(C(=O)NS(=O)(=O)C5CC5)C[C@@H]4/C=C\CCCCC[C@H]([NH3+])C(=O)N3C2)c2ccc(OC)c(C)c2n1. The van der Waals surface area contributed by atoms with Gasteiger partial charge in [0.1, 0.15) is 17.6 Å². The third-order valence-corrected chi connectivity index (χ3v) is 12.1. The summed E-state index contributed by atoms with van der Waals surface area (Å²) in [5.41, 5.74) is 4.48. The quantitative estimate of drug-likeness (QED) is 0.398. The Kier molecular flexibility index (Phi) is 9.72. The molecular weight excluding hydrogens is 636 g/mol. The van der Waals surface area contributed by atoms with Gasteiger partial charge in [0.15, 0.2) is 11.8 Å². The maximum atomic E-state index is 14.2. The van der Waals surface area contributed by atoms with Crippen molar-refractivity contribution in [2.24, 2.45) is 11.3 Å². The standard InChI is InChI=1S/C35H46N4O8S/c1-4-46-31-17-30(25-14-15-29(45-3)21(2)32(25)37-31)47-23-16-27-28(40)19-35(34(42)38-48(43,44)24-12-13-24)18-22(35)10-8-6-5-7-9-11-26(36)33(41)39(27)20-23/h8,10,14-15,17,22-24,26-27H,4-7,9,11-13,16,18-20,36H2,1-3H3,(H,38,42)/p+1/b10-8-/t22-,23+,26-,27-,35+/m0/s1. The molecule has 2 amide bonds. The first-order valence-corrected chi connectivity index (χ1v) is 18.7. The predicted octanol–water partition coefficient (Wildman–Crippen LogP) is 3.00. The zero-order chi connectivity index (χ0) is 34.2. The van der Waals surface area contributed by atoms with Crippen molar-refractivity contribution in [3.05, 3.63) is 35.9 Å². The molecule has 4 N–H and O–H groups in total. The number of ketones is 1. The van der Waals surface area contributed by atoms with E-state index in [0.717, 1.165) is 36.6 Å². The number of nitrogens with zero attached hydrogens (tertiary/aromatic N) is 2. The molecule has 1 saturated heterocycles. The van der Waals surface area contributed by atoms with Crippen molar-refractivity contribution in [1.29, 1.82) is 0 Å². The van der Waals surface area contributed by atoms with Gasteiger partial charge in [0, 0.05) is 36.3 Å². The second-order valence-electron chi connectivity index (χ2n) is 13.7. The Bertz CT molecular complexity index is 1720. The summed E-state index contributed by atoms with van der Waals surface area (Å²) < 4.78 is 45.7. The van der Waals surface area contributed by atoms with Gasteiger partial charge >= 0.3 is 0 Å². The molecule has 0 unspecified atom stereocenters. The molecule has 2 aliphatic carbocycles. The van der Waals surface area contributed by atoms with Gasteiger partial charge in [-0.1, -0.05) is 18.6 Å². The van der Waals surface area contributed by atoms with Gasteiger partial charge in [0.05, 0.1) is 42.5 Å². The van der Waals surface area contributed by atoms with Gasteiger partial charge in [0.25, 0.3) is 5.91 Å². The van der Waals surface area contributed by atoms with Crippen LogP contribution in [-0.2, 0) is 24.4 Å². The third-order valence-electron chi connectivity index (χ3n) is 10.3. The first kappa shape index (κ1) is 34.2. The van der Waals surface area contributed by atoms with Crippen molar-refractivity contribution in [2.75, 3.05) is 20.3 Å². The topological polar surface area (TPSA) is 169 Å². The third kappa shape index (κ3) is 6.89. The van der Waals surface area contributed by atoms with E-state index >= 15 is 0 Å². The second kappa shape index (κ2) is 13.7. The largest absolute Gasteiger partial charge is 0.496 e. The van der Waals surface area contributed by atoms with Gasteiger partial charge in [-0.05, 0) is 70.4 Å². The molecule has 0 bridgehead atoms. The highest BCUT2D eigenvalue weighted by atomic mass is 32.2. The summed E-state index contributed by atoms with van der Waals surface area (Å²) in [5.74, 6) is 0.205. The number of nitrogens with one attached hydrogen (secondary N) is 1. The molecule has 260 valence electrons. The molecule has 4 aliphatic rings. The number of carbonyl (C=O) groups is 3. The lowest BCUT2D eigenvalue weighted by Crippen LogP contribution is -2.68. The smallest absolute Gasteiger partial charge is 0.281 e. The molecule has 5 atom stereocenters. The number of ether oxygens (including phenoxy) is 3. The van der Waals surface area contributed by atoms with Crippen LogP contribution in [-0.4, -0.2) is 79.6 Å². The molecular formula is C35H47N4O8S+. The number of carbonyl (C=O) groups excluding carboxylic acids is 3. The average molecular weight is 684 g/mol. The van der Waals surface area contributed by atoms with Gasteiger partial charge in [-0.2, -0.15) is 0 Å². The lowest BCUT2D eigenvalue weighted by Gasteiger charge is -2.26. The Labute approximate surface area is 281 Å². The monoisotopic (exact) mass is 683 g/mol. The number of pyridine rings is 1. The van der Waals surface area contributed by atoms with Crippen LogP contribution in [0.3, 0.4) is 0 Å². The fourth-order valence-electron chi connectivity index (χ4n) is 7.21. The minimum Gasteiger partial charge on any atom is -0.496 e.